The van der Waals surface area contributed by atoms with Crippen LogP contribution in [0.2, 0.25) is 0 Å². The third-order valence-electron chi connectivity index (χ3n) is 3.45. The molecule has 1 heteroatoms. The van der Waals surface area contributed by atoms with Gasteiger partial charge in [0, 0.05) is 5.92 Å². The van der Waals surface area contributed by atoms with Crippen LogP contribution in [0.5, 0.6) is 0 Å². The average Bonchev–Trinajstić information content (AvgIpc) is 2.39. The Labute approximate surface area is 108 Å². The molecule has 1 nitrogen and oxygen atoms in total. The molecule has 0 radical (unpaired) electrons. The van der Waals surface area contributed by atoms with Gasteiger partial charge in [0.1, 0.15) is 6.29 Å². The molecule has 1 unspecified atom stereocenters. The van der Waals surface area contributed by atoms with Crippen LogP contribution in [0.3, 0.4) is 0 Å². The Morgan fingerprint density at radius 1 is 0.944 bits per heavy atom. The van der Waals surface area contributed by atoms with Crippen molar-refractivity contribution >= 4 is 6.29 Å². The van der Waals surface area contributed by atoms with E-state index in [1.807, 2.05) is 30.3 Å². The molecule has 0 saturated heterocycles. The Bertz CT molecular complexity index is 543. The molecule has 0 N–H and O–H groups in total. The van der Waals surface area contributed by atoms with Gasteiger partial charge in [0.05, 0.1) is 0 Å². The maximum Gasteiger partial charge on any atom is 0.127 e. The predicted molar refractivity (Wildman–Crippen MR) is 74.9 cm³/mol. The van der Waals surface area contributed by atoms with Crippen LogP contribution in [0.1, 0.15) is 28.2 Å². The molecule has 2 aromatic rings. The summed E-state index contributed by atoms with van der Waals surface area (Å²) >= 11 is 0. The average molecular weight is 238 g/mol. The molecule has 0 heterocycles. The molecule has 0 fully saturated rings. The molecule has 92 valence electrons. The van der Waals surface area contributed by atoms with Crippen LogP contribution in [0.4, 0.5) is 0 Å². The monoisotopic (exact) mass is 238 g/mol. The van der Waals surface area contributed by atoms with Gasteiger partial charge in [-0.05, 0) is 42.5 Å². The molecule has 0 bridgehead atoms. The van der Waals surface area contributed by atoms with Crippen LogP contribution in [-0.2, 0) is 11.2 Å². The first kappa shape index (κ1) is 12.6. The highest BCUT2D eigenvalue weighted by molar-refractivity contribution is 5.64. The lowest BCUT2D eigenvalue weighted by Crippen LogP contribution is -2.07. The summed E-state index contributed by atoms with van der Waals surface area (Å²) in [4.78, 5) is 11.4. The van der Waals surface area contributed by atoms with E-state index in [0.717, 1.165) is 18.3 Å². The lowest BCUT2D eigenvalue weighted by molar-refractivity contribution is -0.109. The fraction of sp³-hybridized carbons (Fsp3) is 0.235. The van der Waals surface area contributed by atoms with E-state index >= 15 is 0 Å². The Kier molecular flexibility index (Phi) is 3.93. The summed E-state index contributed by atoms with van der Waals surface area (Å²) in [5.41, 5.74) is 4.81. The summed E-state index contributed by atoms with van der Waals surface area (Å²) in [5, 5.41) is 0. The number of benzene rings is 2. The fourth-order valence-corrected chi connectivity index (χ4v) is 2.31. The quantitative estimate of drug-likeness (QED) is 0.740. The van der Waals surface area contributed by atoms with E-state index in [1.165, 1.54) is 16.7 Å². The number of carbonyl (C=O) groups is 1. The summed E-state index contributed by atoms with van der Waals surface area (Å²) in [6, 6.07) is 16.4. The molecule has 0 aliphatic heterocycles. The molecule has 18 heavy (non-hydrogen) atoms. The van der Waals surface area contributed by atoms with Crippen molar-refractivity contribution in [3.05, 3.63) is 70.8 Å². The van der Waals surface area contributed by atoms with Gasteiger partial charge in [0.2, 0.25) is 0 Å². The molecule has 0 aromatic heterocycles. The second kappa shape index (κ2) is 5.63. The van der Waals surface area contributed by atoms with E-state index in [9.17, 15) is 4.79 Å². The van der Waals surface area contributed by atoms with Crippen LogP contribution >= 0.6 is 0 Å². The molecular formula is C17H18O. The first-order valence-electron chi connectivity index (χ1n) is 6.27. The van der Waals surface area contributed by atoms with Gasteiger partial charge in [-0.3, -0.25) is 0 Å². The molecular weight excluding hydrogens is 220 g/mol. The van der Waals surface area contributed by atoms with Gasteiger partial charge >= 0.3 is 0 Å². The highest BCUT2D eigenvalue weighted by atomic mass is 16.1. The highest BCUT2D eigenvalue weighted by Crippen LogP contribution is 2.23. The lowest BCUT2D eigenvalue weighted by Gasteiger charge is -2.14. The van der Waals surface area contributed by atoms with E-state index in [2.05, 4.69) is 32.0 Å². The van der Waals surface area contributed by atoms with Crippen molar-refractivity contribution < 1.29 is 4.79 Å². The van der Waals surface area contributed by atoms with E-state index in [1.54, 1.807) is 0 Å². The zero-order chi connectivity index (χ0) is 13.0. The van der Waals surface area contributed by atoms with Crippen LogP contribution < -0.4 is 0 Å². The van der Waals surface area contributed by atoms with Crippen molar-refractivity contribution in [2.24, 2.45) is 0 Å². The molecule has 1 atom stereocenters. The van der Waals surface area contributed by atoms with E-state index in [4.69, 9.17) is 0 Å². The molecule has 2 rings (SSSR count). The van der Waals surface area contributed by atoms with E-state index in [-0.39, 0.29) is 5.92 Å². The molecule has 0 saturated carbocycles. The minimum absolute atomic E-state index is 0.0488. The minimum atomic E-state index is -0.0488. The van der Waals surface area contributed by atoms with Crippen molar-refractivity contribution in [1.82, 2.24) is 0 Å². The molecule has 0 aliphatic rings. The molecule has 0 amide bonds. The SMILES string of the molecule is Cc1ccccc1CC(C=O)c1ccccc1C. The number of rotatable bonds is 4. The van der Waals surface area contributed by atoms with Crippen LogP contribution in [0.25, 0.3) is 0 Å². The number of hydrogen-bond acceptors (Lipinski definition) is 1. The van der Waals surface area contributed by atoms with Crippen LogP contribution in [0.15, 0.2) is 48.5 Å². The Morgan fingerprint density at radius 2 is 1.56 bits per heavy atom. The van der Waals surface area contributed by atoms with Crippen molar-refractivity contribution in [3.8, 4) is 0 Å². The van der Waals surface area contributed by atoms with Gasteiger partial charge in [-0.1, -0.05) is 48.5 Å². The first-order chi connectivity index (χ1) is 8.72. The number of carbonyl (C=O) groups excluding carboxylic acids is 1. The second-order valence-corrected chi connectivity index (χ2v) is 4.73. The predicted octanol–water partition coefficient (Wildman–Crippen LogP) is 3.83. The van der Waals surface area contributed by atoms with E-state index in [0.29, 0.717) is 0 Å². The van der Waals surface area contributed by atoms with Crippen molar-refractivity contribution in [1.29, 1.82) is 0 Å². The normalized spacial score (nSPS) is 12.1. The van der Waals surface area contributed by atoms with E-state index < -0.39 is 0 Å². The van der Waals surface area contributed by atoms with Crippen LogP contribution in [-0.4, -0.2) is 6.29 Å². The maximum absolute atomic E-state index is 11.4. The number of aldehydes is 1. The summed E-state index contributed by atoms with van der Waals surface area (Å²) < 4.78 is 0. The third kappa shape index (κ3) is 2.67. The molecule has 0 aliphatic carbocycles. The molecule has 2 aromatic carbocycles. The van der Waals surface area contributed by atoms with Gasteiger partial charge < -0.3 is 4.79 Å². The van der Waals surface area contributed by atoms with Gasteiger partial charge in [-0.2, -0.15) is 0 Å². The summed E-state index contributed by atoms with van der Waals surface area (Å²) in [7, 11) is 0. The Morgan fingerprint density at radius 3 is 2.17 bits per heavy atom. The van der Waals surface area contributed by atoms with Crippen LogP contribution in [0, 0.1) is 13.8 Å². The Balaban J connectivity index is 2.29. The van der Waals surface area contributed by atoms with Gasteiger partial charge in [-0.15, -0.1) is 0 Å². The van der Waals surface area contributed by atoms with Gasteiger partial charge in [0.25, 0.3) is 0 Å². The summed E-state index contributed by atoms with van der Waals surface area (Å²) in [6.45, 7) is 4.15. The largest absolute Gasteiger partial charge is 0.303 e. The number of aryl methyl sites for hydroxylation is 2. The minimum Gasteiger partial charge on any atom is -0.303 e. The zero-order valence-electron chi connectivity index (χ0n) is 10.9. The van der Waals surface area contributed by atoms with Crippen molar-refractivity contribution in [2.75, 3.05) is 0 Å². The topological polar surface area (TPSA) is 17.1 Å². The standard InChI is InChI=1S/C17H18O/c1-13-7-3-5-9-15(13)11-16(12-18)17-10-6-4-8-14(17)2/h3-10,12,16H,11H2,1-2H3. The van der Waals surface area contributed by atoms with Gasteiger partial charge in [-0.25, -0.2) is 0 Å². The Hall–Kier alpha value is -1.89. The summed E-state index contributed by atoms with van der Waals surface area (Å²) in [6.07, 6.45) is 1.84. The fourth-order valence-electron chi connectivity index (χ4n) is 2.31. The smallest absolute Gasteiger partial charge is 0.127 e. The second-order valence-electron chi connectivity index (χ2n) is 4.73. The summed E-state index contributed by atoms with van der Waals surface area (Å²) in [5.74, 6) is -0.0488. The highest BCUT2D eigenvalue weighted by Gasteiger charge is 2.14. The third-order valence-corrected chi connectivity index (χ3v) is 3.45. The number of hydrogen-bond donors (Lipinski definition) is 0. The lowest BCUT2D eigenvalue weighted by atomic mass is 9.89. The van der Waals surface area contributed by atoms with Gasteiger partial charge in [0.15, 0.2) is 0 Å². The molecule has 0 spiro atoms. The first-order valence-corrected chi connectivity index (χ1v) is 6.27. The zero-order valence-corrected chi connectivity index (χ0v) is 10.9. The van der Waals surface area contributed by atoms with Crippen molar-refractivity contribution in [3.63, 3.8) is 0 Å². The van der Waals surface area contributed by atoms with Crippen molar-refractivity contribution in [2.45, 2.75) is 26.2 Å². The maximum atomic E-state index is 11.4.